The Morgan fingerprint density at radius 3 is 2.46 bits per heavy atom. The van der Waals surface area contributed by atoms with Gasteiger partial charge in [-0.1, -0.05) is 0 Å². The highest BCUT2D eigenvalue weighted by molar-refractivity contribution is 5.81. The van der Waals surface area contributed by atoms with Crippen molar-refractivity contribution >= 4 is 12.5 Å². The number of hydrazone groups is 1. The fraction of sp³-hybridized carbons (Fsp3) is 0.333. The van der Waals surface area contributed by atoms with E-state index in [0.717, 1.165) is 12.0 Å². The highest BCUT2D eigenvalue weighted by Crippen LogP contribution is 2.02. The second-order valence-corrected chi connectivity index (χ2v) is 2.95. The van der Waals surface area contributed by atoms with Gasteiger partial charge >= 0.3 is 0 Å². The molecule has 13 heavy (non-hydrogen) atoms. The Morgan fingerprint density at radius 2 is 2.00 bits per heavy atom. The average Bonchev–Trinajstić information content (AvgIpc) is 2.43. The summed E-state index contributed by atoms with van der Waals surface area (Å²) in [6.07, 6.45) is 2.54. The van der Waals surface area contributed by atoms with E-state index >= 15 is 0 Å². The summed E-state index contributed by atoms with van der Waals surface area (Å²) >= 11 is 0. The van der Waals surface area contributed by atoms with Crippen LogP contribution in [-0.2, 0) is 7.05 Å². The summed E-state index contributed by atoms with van der Waals surface area (Å²) in [5.41, 5.74) is 1.57. The first kappa shape index (κ1) is 9.51. The van der Waals surface area contributed by atoms with E-state index in [9.17, 15) is 4.79 Å². The number of aldehydes is 1. The molecule has 1 heterocycles. The van der Waals surface area contributed by atoms with E-state index in [1.165, 1.54) is 0 Å². The van der Waals surface area contributed by atoms with Gasteiger partial charge in [0.1, 0.15) is 0 Å². The molecule has 0 spiro atoms. The highest BCUT2D eigenvalue weighted by atomic mass is 16.1. The van der Waals surface area contributed by atoms with Crippen LogP contribution in [0, 0.1) is 0 Å². The summed E-state index contributed by atoms with van der Waals surface area (Å²) < 4.78 is 1.79. The molecule has 70 valence electrons. The molecule has 0 unspecified atom stereocenters. The zero-order valence-corrected chi connectivity index (χ0v) is 8.06. The molecule has 0 saturated heterocycles. The van der Waals surface area contributed by atoms with Gasteiger partial charge in [-0.2, -0.15) is 5.10 Å². The fourth-order valence-electron chi connectivity index (χ4n) is 0.966. The van der Waals surface area contributed by atoms with Crippen LogP contribution in [0.5, 0.6) is 0 Å². The van der Waals surface area contributed by atoms with Gasteiger partial charge in [-0.3, -0.25) is 4.79 Å². The Kier molecular flexibility index (Phi) is 2.84. The van der Waals surface area contributed by atoms with E-state index in [2.05, 4.69) is 5.10 Å². The van der Waals surface area contributed by atoms with Crippen LogP contribution in [-0.4, -0.2) is 36.2 Å². The monoisotopic (exact) mass is 179 g/mol. The summed E-state index contributed by atoms with van der Waals surface area (Å²) in [7, 11) is 5.53. The van der Waals surface area contributed by atoms with Crippen LogP contribution in [0.15, 0.2) is 17.2 Å². The molecule has 1 aromatic heterocycles. The highest BCUT2D eigenvalue weighted by Gasteiger charge is 2.00. The van der Waals surface area contributed by atoms with Crippen LogP contribution < -0.4 is 0 Å². The van der Waals surface area contributed by atoms with E-state index in [1.807, 2.05) is 27.2 Å². The molecule has 0 atom stereocenters. The van der Waals surface area contributed by atoms with E-state index < -0.39 is 0 Å². The van der Waals surface area contributed by atoms with Crippen molar-refractivity contribution < 1.29 is 4.79 Å². The lowest BCUT2D eigenvalue weighted by Gasteiger charge is -2.03. The third-order valence-electron chi connectivity index (χ3n) is 1.74. The zero-order valence-electron chi connectivity index (χ0n) is 8.06. The fourth-order valence-corrected chi connectivity index (χ4v) is 0.966. The molecule has 0 fully saturated rings. The second kappa shape index (κ2) is 3.89. The summed E-state index contributed by atoms with van der Waals surface area (Å²) in [5, 5.41) is 5.78. The van der Waals surface area contributed by atoms with Gasteiger partial charge in [0.05, 0.1) is 17.6 Å². The molecule has 1 rings (SSSR count). The first-order valence-corrected chi connectivity index (χ1v) is 3.97. The molecular weight excluding hydrogens is 166 g/mol. The van der Waals surface area contributed by atoms with E-state index in [-0.39, 0.29) is 0 Å². The molecule has 1 aromatic rings. The first-order valence-electron chi connectivity index (χ1n) is 3.97. The Morgan fingerprint density at radius 1 is 1.38 bits per heavy atom. The summed E-state index contributed by atoms with van der Waals surface area (Å²) in [4.78, 5) is 10.5. The summed E-state index contributed by atoms with van der Waals surface area (Å²) in [6.45, 7) is 0. The number of hydrogen-bond acceptors (Lipinski definition) is 3. The topological polar surface area (TPSA) is 37.6 Å². The standard InChI is InChI=1S/C9H13N3O/c1-11(2)10-6-8-4-5-9(7-13)12(8)3/h4-7H,1-3H3/b10-6+. The van der Waals surface area contributed by atoms with E-state index in [0.29, 0.717) is 5.69 Å². The Bertz CT molecular complexity index is 326. The average molecular weight is 179 g/mol. The predicted molar refractivity (Wildman–Crippen MR) is 52.1 cm³/mol. The lowest BCUT2D eigenvalue weighted by Crippen LogP contribution is -2.04. The van der Waals surface area contributed by atoms with Crippen molar-refractivity contribution in [1.82, 2.24) is 9.58 Å². The van der Waals surface area contributed by atoms with Crippen LogP contribution in [0.3, 0.4) is 0 Å². The van der Waals surface area contributed by atoms with Gasteiger partial charge in [-0.05, 0) is 12.1 Å². The van der Waals surface area contributed by atoms with E-state index in [1.54, 1.807) is 21.9 Å². The number of nitrogens with zero attached hydrogens (tertiary/aromatic N) is 3. The van der Waals surface area contributed by atoms with Crippen LogP contribution in [0.1, 0.15) is 16.2 Å². The second-order valence-electron chi connectivity index (χ2n) is 2.95. The van der Waals surface area contributed by atoms with Gasteiger partial charge in [-0.15, -0.1) is 0 Å². The van der Waals surface area contributed by atoms with Crippen LogP contribution in [0.2, 0.25) is 0 Å². The number of carbonyl (C=O) groups is 1. The summed E-state index contributed by atoms with van der Waals surface area (Å²) in [5.74, 6) is 0. The van der Waals surface area contributed by atoms with Crippen molar-refractivity contribution in [3.05, 3.63) is 23.5 Å². The molecule has 0 aliphatic carbocycles. The minimum atomic E-state index is 0.653. The van der Waals surface area contributed by atoms with Gasteiger partial charge in [0, 0.05) is 21.1 Å². The molecule has 4 nitrogen and oxygen atoms in total. The zero-order chi connectivity index (χ0) is 9.84. The van der Waals surface area contributed by atoms with Crippen molar-refractivity contribution in [2.75, 3.05) is 14.1 Å². The Labute approximate surface area is 77.5 Å². The minimum Gasteiger partial charge on any atom is -0.341 e. The maximum atomic E-state index is 10.5. The molecule has 0 amide bonds. The predicted octanol–water partition coefficient (Wildman–Crippen LogP) is 0.733. The van der Waals surface area contributed by atoms with Gasteiger partial charge in [-0.25, -0.2) is 0 Å². The molecule has 0 bridgehead atoms. The van der Waals surface area contributed by atoms with Crippen molar-refractivity contribution in [3.63, 3.8) is 0 Å². The number of rotatable bonds is 3. The van der Waals surface area contributed by atoms with Crippen molar-refractivity contribution in [2.24, 2.45) is 12.1 Å². The maximum Gasteiger partial charge on any atom is 0.166 e. The van der Waals surface area contributed by atoms with Crippen LogP contribution in [0.4, 0.5) is 0 Å². The Balaban J connectivity index is 2.90. The Hall–Kier alpha value is -1.58. The maximum absolute atomic E-state index is 10.5. The van der Waals surface area contributed by atoms with Crippen LogP contribution in [0.25, 0.3) is 0 Å². The van der Waals surface area contributed by atoms with Gasteiger partial charge in [0.2, 0.25) is 0 Å². The third kappa shape index (κ3) is 2.18. The molecule has 0 aliphatic heterocycles. The number of hydrogen-bond donors (Lipinski definition) is 0. The van der Waals surface area contributed by atoms with Gasteiger partial charge in [0.25, 0.3) is 0 Å². The smallest absolute Gasteiger partial charge is 0.166 e. The van der Waals surface area contributed by atoms with Crippen molar-refractivity contribution in [1.29, 1.82) is 0 Å². The lowest BCUT2D eigenvalue weighted by molar-refractivity contribution is 0.111. The van der Waals surface area contributed by atoms with Gasteiger partial charge in [0.15, 0.2) is 6.29 Å². The summed E-state index contributed by atoms with van der Waals surface area (Å²) in [6, 6.07) is 3.63. The number of aromatic nitrogens is 1. The van der Waals surface area contributed by atoms with Crippen LogP contribution >= 0.6 is 0 Å². The normalized spacial score (nSPS) is 10.7. The van der Waals surface area contributed by atoms with Gasteiger partial charge < -0.3 is 9.58 Å². The first-order chi connectivity index (χ1) is 6.15. The molecule has 0 radical (unpaired) electrons. The molecule has 0 aromatic carbocycles. The number of carbonyl (C=O) groups excluding carboxylic acids is 1. The quantitative estimate of drug-likeness (QED) is 0.390. The molecular formula is C9H13N3O. The van der Waals surface area contributed by atoms with Crippen molar-refractivity contribution in [3.8, 4) is 0 Å². The molecule has 0 aliphatic rings. The molecule has 4 heteroatoms. The largest absolute Gasteiger partial charge is 0.341 e. The minimum absolute atomic E-state index is 0.653. The molecule has 0 saturated carbocycles. The SMILES string of the molecule is CN(C)/N=C/c1ccc(C=O)n1C. The third-order valence-corrected chi connectivity index (χ3v) is 1.74. The lowest BCUT2D eigenvalue weighted by atomic mass is 10.4. The van der Waals surface area contributed by atoms with E-state index in [4.69, 9.17) is 0 Å². The van der Waals surface area contributed by atoms with Crippen molar-refractivity contribution in [2.45, 2.75) is 0 Å². The molecule has 0 N–H and O–H groups in total.